The number of halogens is 1. The van der Waals surface area contributed by atoms with Gasteiger partial charge in [-0.15, -0.1) is 0 Å². The molecule has 0 saturated carbocycles. The molecule has 0 bridgehead atoms. The Bertz CT molecular complexity index is 684. The molecule has 6 heteroatoms. The number of hydrazone groups is 1. The van der Waals surface area contributed by atoms with Crippen LogP contribution in [-0.4, -0.2) is 24.8 Å². The fraction of sp³-hybridized carbons (Fsp3) is 0.222. The number of carbonyl (C=O) groups excluding carboxylic acids is 1. The molecule has 0 fully saturated rings. The Balaban J connectivity index is 1.84. The first-order chi connectivity index (χ1) is 11.6. The molecular formula is C18H20ClN3O2. The van der Waals surface area contributed by atoms with Crippen molar-refractivity contribution >= 4 is 29.4 Å². The van der Waals surface area contributed by atoms with E-state index in [2.05, 4.69) is 15.8 Å². The second-order valence-corrected chi connectivity index (χ2v) is 5.55. The summed E-state index contributed by atoms with van der Waals surface area (Å²) < 4.78 is 5.38. The van der Waals surface area contributed by atoms with Crippen molar-refractivity contribution in [3.05, 3.63) is 59.1 Å². The van der Waals surface area contributed by atoms with Crippen LogP contribution in [0, 0.1) is 0 Å². The highest BCUT2D eigenvalue weighted by Gasteiger charge is 2.11. The van der Waals surface area contributed by atoms with Crippen LogP contribution in [0.4, 0.5) is 5.69 Å². The molecule has 24 heavy (non-hydrogen) atoms. The molecule has 1 atom stereocenters. The maximum Gasteiger partial charge on any atom is 0.262 e. The monoisotopic (exact) mass is 345 g/mol. The summed E-state index contributed by atoms with van der Waals surface area (Å²) in [4.78, 5) is 12.0. The van der Waals surface area contributed by atoms with Gasteiger partial charge in [-0.3, -0.25) is 4.79 Å². The van der Waals surface area contributed by atoms with Gasteiger partial charge in [-0.2, -0.15) is 5.10 Å². The number of hydrogen-bond donors (Lipinski definition) is 2. The Kier molecular flexibility index (Phi) is 6.63. The third-order valence-electron chi connectivity index (χ3n) is 3.20. The van der Waals surface area contributed by atoms with Crippen LogP contribution in [0.3, 0.4) is 0 Å². The normalized spacial score (nSPS) is 12.0. The Morgan fingerprint density at radius 3 is 2.50 bits per heavy atom. The summed E-state index contributed by atoms with van der Waals surface area (Å²) in [7, 11) is 0. The quantitative estimate of drug-likeness (QED) is 0.594. The van der Waals surface area contributed by atoms with Crippen molar-refractivity contribution in [2.45, 2.75) is 19.9 Å². The van der Waals surface area contributed by atoms with Gasteiger partial charge >= 0.3 is 0 Å². The van der Waals surface area contributed by atoms with Crippen molar-refractivity contribution in [3.8, 4) is 5.75 Å². The lowest BCUT2D eigenvalue weighted by Crippen LogP contribution is -2.34. The van der Waals surface area contributed by atoms with Crippen molar-refractivity contribution in [3.63, 3.8) is 0 Å². The van der Waals surface area contributed by atoms with E-state index in [9.17, 15) is 4.79 Å². The summed E-state index contributed by atoms with van der Waals surface area (Å²) in [5.41, 5.74) is 4.20. The average molecular weight is 346 g/mol. The van der Waals surface area contributed by atoms with Crippen LogP contribution in [0.25, 0.3) is 0 Å². The third kappa shape index (κ3) is 5.59. The molecule has 2 N–H and O–H groups in total. The van der Waals surface area contributed by atoms with Gasteiger partial charge in [0.15, 0.2) is 0 Å². The van der Waals surface area contributed by atoms with E-state index in [1.165, 1.54) is 0 Å². The van der Waals surface area contributed by atoms with Crippen molar-refractivity contribution in [1.29, 1.82) is 0 Å². The Labute approximate surface area is 146 Å². The van der Waals surface area contributed by atoms with E-state index in [-0.39, 0.29) is 5.91 Å². The number of hydrogen-bond acceptors (Lipinski definition) is 4. The van der Waals surface area contributed by atoms with Gasteiger partial charge in [0.25, 0.3) is 5.91 Å². The Hall–Kier alpha value is -2.53. The number of rotatable bonds is 7. The minimum atomic E-state index is -0.426. The molecule has 2 rings (SSSR count). The minimum absolute atomic E-state index is 0.228. The van der Waals surface area contributed by atoms with Crippen LogP contribution in [0.1, 0.15) is 19.4 Å². The summed E-state index contributed by atoms with van der Waals surface area (Å²) in [5.74, 6) is 0.571. The second kappa shape index (κ2) is 8.93. The fourth-order valence-corrected chi connectivity index (χ4v) is 2.07. The molecule has 126 valence electrons. The molecule has 5 nitrogen and oxygen atoms in total. The first-order valence-corrected chi connectivity index (χ1v) is 8.04. The van der Waals surface area contributed by atoms with E-state index in [1.807, 2.05) is 43.3 Å². The van der Waals surface area contributed by atoms with E-state index in [4.69, 9.17) is 16.3 Å². The standard InChI is InChI=1S/C18H20ClN3O2/c1-3-24-17-10-8-16(9-11-17)21-13(2)18(23)22-20-12-14-4-6-15(19)7-5-14/h4-13,21H,3H2,1-2H3,(H,22,23)/b20-12-/t13-/m0/s1. The zero-order valence-corrected chi connectivity index (χ0v) is 14.4. The Morgan fingerprint density at radius 1 is 1.21 bits per heavy atom. The molecule has 2 aromatic carbocycles. The zero-order valence-electron chi connectivity index (χ0n) is 13.6. The number of carbonyl (C=O) groups is 1. The van der Waals surface area contributed by atoms with E-state index in [1.54, 1.807) is 25.3 Å². The molecular weight excluding hydrogens is 326 g/mol. The van der Waals surface area contributed by atoms with Gasteiger partial charge < -0.3 is 10.1 Å². The summed E-state index contributed by atoms with van der Waals surface area (Å²) in [5, 5.41) is 7.71. The number of anilines is 1. The molecule has 0 aliphatic carbocycles. The molecule has 0 aliphatic heterocycles. The lowest BCUT2D eigenvalue weighted by atomic mass is 10.2. The lowest BCUT2D eigenvalue weighted by molar-refractivity contribution is -0.121. The van der Waals surface area contributed by atoms with Crippen molar-refractivity contribution < 1.29 is 9.53 Å². The van der Waals surface area contributed by atoms with Crippen LogP contribution >= 0.6 is 11.6 Å². The van der Waals surface area contributed by atoms with E-state index < -0.39 is 6.04 Å². The molecule has 2 aromatic rings. The van der Waals surface area contributed by atoms with E-state index >= 15 is 0 Å². The molecule has 0 radical (unpaired) electrons. The number of nitrogens with zero attached hydrogens (tertiary/aromatic N) is 1. The maximum absolute atomic E-state index is 12.0. The van der Waals surface area contributed by atoms with Crippen molar-refractivity contribution in [2.24, 2.45) is 5.10 Å². The highest BCUT2D eigenvalue weighted by Crippen LogP contribution is 2.16. The molecule has 0 unspecified atom stereocenters. The summed E-state index contributed by atoms with van der Waals surface area (Å²) >= 11 is 5.81. The van der Waals surface area contributed by atoms with Gasteiger partial charge in [0.05, 0.1) is 12.8 Å². The van der Waals surface area contributed by atoms with Gasteiger partial charge in [0.2, 0.25) is 0 Å². The first kappa shape index (κ1) is 17.8. The van der Waals surface area contributed by atoms with Crippen molar-refractivity contribution in [2.75, 3.05) is 11.9 Å². The molecule has 0 spiro atoms. The molecule has 0 aliphatic rings. The first-order valence-electron chi connectivity index (χ1n) is 7.66. The maximum atomic E-state index is 12.0. The second-order valence-electron chi connectivity index (χ2n) is 5.11. The van der Waals surface area contributed by atoms with Crippen LogP contribution < -0.4 is 15.5 Å². The Morgan fingerprint density at radius 2 is 1.88 bits per heavy atom. The molecule has 0 aromatic heterocycles. The summed E-state index contributed by atoms with van der Waals surface area (Å²) in [6, 6.07) is 14.2. The van der Waals surface area contributed by atoms with Gasteiger partial charge in [0.1, 0.15) is 11.8 Å². The molecule has 0 saturated heterocycles. The number of amides is 1. The lowest BCUT2D eigenvalue weighted by Gasteiger charge is -2.13. The van der Waals surface area contributed by atoms with Crippen LogP contribution in [0.2, 0.25) is 5.02 Å². The SMILES string of the molecule is CCOc1ccc(N[C@@H](C)C(=O)N/N=C\c2ccc(Cl)cc2)cc1. The number of ether oxygens (including phenoxy) is 1. The van der Waals surface area contributed by atoms with E-state index in [0.29, 0.717) is 11.6 Å². The zero-order chi connectivity index (χ0) is 17.4. The number of nitrogens with one attached hydrogen (secondary N) is 2. The van der Waals surface area contributed by atoms with Crippen molar-refractivity contribution in [1.82, 2.24) is 5.43 Å². The molecule has 0 heterocycles. The topological polar surface area (TPSA) is 62.7 Å². The highest BCUT2D eigenvalue weighted by molar-refractivity contribution is 6.30. The van der Waals surface area contributed by atoms with Crippen LogP contribution in [-0.2, 0) is 4.79 Å². The van der Waals surface area contributed by atoms with Gasteiger partial charge in [-0.1, -0.05) is 23.7 Å². The summed E-state index contributed by atoms with van der Waals surface area (Å²) in [6.07, 6.45) is 1.57. The highest BCUT2D eigenvalue weighted by atomic mass is 35.5. The van der Waals surface area contributed by atoms with Gasteiger partial charge in [-0.05, 0) is 55.8 Å². The predicted molar refractivity (Wildman–Crippen MR) is 97.9 cm³/mol. The third-order valence-corrected chi connectivity index (χ3v) is 3.45. The number of benzene rings is 2. The van der Waals surface area contributed by atoms with Gasteiger partial charge in [-0.25, -0.2) is 5.43 Å². The predicted octanol–water partition coefficient (Wildman–Crippen LogP) is 3.69. The van der Waals surface area contributed by atoms with Crippen LogP contribution in [0.5, 0.6) is 5.75 Å². The smallest absolute Gasteiger partial charge is 0.262 e. The largest absolute Gasteiger partial charge is 0.494 e. The van der Waals surface area contributed by atoms with Crippen LogP contribution in [0.15, 0.2) is 53.6 Å². The summed E-state index contributed by atoms with van der Waals surface area (Å²) in [6.45, 7) is 4.32. The minimum Gasteiger partial charge on any atom is -0.494 e. The molecule has 1 amide bonds. The average Bonchev–Trinajstić information content (AvgIpc) is 2.58. The fourth-order valence-electron chi connectivity index (χ4n) is 1.95. The van der Waals surface area contributed by atoms with Gasteiger partial charge in [0, 0.05) is 10.7 Å². The van der Waals surface area contributed by atoms with E-state index in [0.717, 1.165) is 17.0 Å².